The molecule has 1 saturated heterocycles. The van der Waals surface area contributed by atoms with Gasteiger partial charge in [0.1, 0.15) is 11.3 Å². The molecule has 114 valence electrons. The zero-order valence-corrected chi connectivity index (χ0v) is 13.4. The number of pyridine rings is 1. The van der Waals surface area contributed by atoms with Gasteiger partial charge in [-0.15, -0.1) is 0 Å². The van der Waals surface area contributed by atoms with Gasteiger partial charge < -0.3 is 9.47 Å². The minimum atomic E-state index is 0.606. The molecule has 0 spiro atoms. The molecule has 1 aliphatic rings. The molecule has 2 aromatic heterocycles. The molecule has 0 radical (unpaired) electrons. The second-order valence-electron chi connectivity index (χ2n) is 6.51. The lowest BCUT2D eigenvalue weighted by atomic mass is 10.1. The van der Waals surface area contributed by atoms with Crippen LogP contribution in [0, 0.1) is 5.92 Å². The molecule has 1 fully saturated rings. The van der Waals surface area contributed by atoms with Crippen molar-refractivity contribution in [3.05, 3.63) is 24.2 Å². The minimum Gasteiger partial charge on any atom is -0.312 e. The average Bonchev–Trinajstić information content (AvgIpc) is 3.04. The maximum Gasteiger partial charge on any atom is 0.159 e. The highest BCUT2D eigenvalue weighted by molar-refractivity contribution is 5.71. The van der Waals surface area contributed by atoms with E-state index in [4.69, 9.17) is 4.98 Å². The minimum absolute atomic E-state index is 0.606. The third-order valence-electron chi connectivity index (χ3n) is 4.45. The Labute approximate surface area is 127 Å². The standard InChI is InChI=1S/C17H26N4/c1-4-20-10-6-7-14(20)11-16-19-15-8-5-9-18-17(15)21(16)12-13(2)3/h5,8-9,13-14H,4,6-7,10-12H2,1-3H3. The van der Waals surface area contributed by atoms with Gasteiger partial charge in [0.15, 0.2) is 5.65 Å². The van der Waals surface area contributed by atoms with Crippen molar-refractivity contribution in [3.8, 4) is 0 Å². The van der Waals surface area contributed by atoms with Crippen molar-refractivity contribution < 1.29 is 0 Å². The summed E-state index contributed by atoms with van der Waals surface area (Å²) in [5.41, 5.74) is 2.08. The van der Waals surface area contributed by atoms with E-state index >= 15 is 0 Å². The van der Waals surface area contributed by atoms with Crippen molar-refractivity contribution in [2.45, 2.75) is 52.6 Å². The van der Waals surface area contributed by atoms with Crippen LogP contribution in [0.4, 0.5) is 0 Å². The summed E-state index contributed by atoms with van der Waals surface area (Å²) in [6.45, 7) is 10.2. The molecule has 4 nitrogen and oxygen atoms in total. The first-order chi connectivity index (χ1) is 10.2. The molecule has 0 bridgehead atoms. The van der Waals surface area contributed by atoms with Gasteiger partial charge in [0.2, 0.25) is 0 Å². The van der Waals surface area contributed by atoms with Crippen molar-refractivity contribution in [2.75, 3.05) is 13.1 Å². The molecule has 1 aliphatic heterocycles. The number of rotatable bonds is 5. The largest absolute Gasteiger partial charge is 0.312 e. The van der Waals surface area contributed by atoms with Gasteiger partial charge in [-0.3, -0.25) is 0 Å². The number of likely N-dealkylation sites (N-methyl/N-ethyl adjacent to an activating group) is 1. The number of imidazole rings is 1. The van der Waals surface area contributed by atoms with E-state index in [1.54, 1.807) is 0 Å². The molecule has 4 heteroatoms. The Morgan fingerprint density at radius 1 is 1.38 bits per heavy atom. The van der Waals surface area contributed by atoms with Crippen molar-refractivity contribution in [1.29, 1.82) is 0 Å². The Morgan fingerprint density at radius 3 is 3.00 bits per heavy atom. The summed E-state index contributed by atoms with van der Waals surface area (Å²) in [6, 6.07) is 4.71. The summed E-state index contributed by atoms with van der Waals surface area (Å²) >= 11 is 0. The lowest BCUT2D eigenvalue weighted by Crippen LogP contribution is -2.31. The van der Waals surface area contributed by atoms with Gasteiger partial charge in [0, 0.05) is 25.2 Å². The van der Waals surface area contributed by atoms with Crippen LogP contribution in [0.3, 0.4) is 0 Å². The Hall–Kier alpha value is -1.42. The van der Waals surface area contributed by atoms with Gasteiger partial charge in [0.25, 0.3) is 0 Å². The lowest BCUT2D eigenvalue weighted by Gasteiger charge is -2.23. The first kappa shape index (κ1) is 14.5. The summed E-state index contributed by atoms with van der Waals surface area (Å²) in [5.74, 6) is 1.82. The average molecular weight is 286 g/mol. The third-order valence-corrected chi connectivity index (χ3v) is 4.45. The topological polar surface area (TPSA) is 34.0 Å². The van der Waals surface area contributed by atoms with Crippen molar-refractivity contribution >= 4 is 11.2 Å². The SMILES string of the molecule is CCN1CCCC1Cc1nc2cccnc2n1CC(C)C. The van der Waals surface area contributed by atoms with E-state index in [0.29, 0.717) is 12.0 Å². The molecule has 3 heterocycles. The molecule has 0 aromatic carbocycles. The van der Waals surface area contributed by atoms with E-state index in [9.17, 15) is 0 Å². The number of nitrogens with zero attached hydrogens (tertiary/aromatic N) is 4. The van der Waals surface area contributed by atoms with Crippen molar-refractivity contribution in [3.63, 3.8) is 0 Å². The van der Waals surface area contributed by atoms with E-state index < -0.39 is 0 Å². The Morgan fingerprint density at radius 2 is 2.24 bits per heavy atom. The summed E-state index contributed by atoms with van der Waals surface area (Å²) in [7, 11) is 0. The van der Waals surface area contributed by atoms with Crippen LogP contribution in [0.25, 0.3) is 11.2 Å². The molecule has 3 rings (SSSR count). The van der Waals surface area contributed by atoms with Crippen LogP contribution in [-0.2, 0) is 13.0 Å². The maximum atomic E-state index is 4.87. The maximum absolute atomic E-state index is 4.87. The molecule has 1 unspecified atom stereocenters. The number of likely N-dealkylation sites (tertiary alicyclic amines) is 1. The monoisotopic (exact) mass is 286 g/mol. The van der Waals surface area contributed by atoms with E-state index in [-0.39, 0.29) is 0 Å². The van der Waals surface area contributed by atoms with Crippen LogP contribution in [0.2, 0.25) is 0 Å². The van der Waals surface area contributed by atoms with Crippen LogP contribution >= 0.6 is 0 Å². The second-order valence-corrected chi connectivity index (χ2v) is 6.51. The lowest BCUT2D eigenvalue weighted by molar-refractivity contribution is 0.261. The molecule has 0 saturated carbocycles. The molecular formula is C17H26N4. The fraction of sp³-hybridized carbons (Fsp3) is 0.647. The van der Waals surface area contributed by atoms with Crippen molar-refractivity contribution in [2.24, 2.45) is 5.92 Å². The number of fused-ring (bicyclic) bond motifs is 1. The molecule has 0 aliphatic carbocycles. The van der Waals surface area contributed by atoms with Crippen LogP contribution < -0.4 is 0 Å². The number of hydrogen-bond acceptors (Lipinski definition) is 3. The summed E-state index contributed by atoms with van der Waals surface area (Å²) < 4.78 is 2.34. The zero-order chi connectivity index (χ0) is 14.8. The van der Waals surface area contributed by atoms with Crippen LogP contribution in [-0.4, -0.2) is 38.6 Å². The molecule has 0 N–H and O–H groups in total. The molecule has 0 amide bonds. The molecule has 2 aromatic rings. The van der Waals surface area contributed by atoms with E-state index in [0.717, 1.165) is 30.7 Å². The van der Waals surface area contributed by atoms with Gasteiger partial charge in [-0.25, -0.2) is 9.97 Å². The third kappa shape index (κ3) is 2.95. The first-order valence-electron chi connectivity index (χ1n) is 8.23. The molecule has 21 heavy (non-hydrogen) atoms. The van der Waals surface area contributed by atoms with E-state index in [1.807, 2.05) is 12.3 Å². The predicted octanol–water partition coefficient (Wildman–Crippen LogP) is 3.11. The Bertz CT molecular complexity index is 602. The van der Waals surface area contributed by atoms with E-state index in [1.165, 1.54) is 25.2 Å². The fourth-order valence-electron chi connectivity index (χ4n) is 3.47. The highest BCUT2D eigenvalue weighted by atomic mass is 15.2. The zero-order valence-electron chi connectivity index (χ0n) is 13.4. The highest BCUT2D eigenvalue weighted by Crippen LogP contribution is 2.23. The summed E-state index contributed by atoms with van der Waals surface area (Å²) in [6.07, 6.45) is 5.54. The van der Waals surface area contributed by atoms with Gasteiger partial charge >= 0.3 is 0 Å². The van der Waals surface area contributed by atoms with Crippen molar-refractivity contribution in [1.82, 2.24) is 19.4 Å². The number of hydrogen-bond donors (Lipinski definition) is 0. The Kier molecular flexibility index (Phi) is 4.24. The van der Waals surface area contributed by atoms with Gasteiger partial charge in [-0.1, -0.05) is 20.8 Å². The smallest absolute Gasteiger partial charge is 0.159 e. The fourth-order valence-corrected chi connectivity index (χ4v) is 3.47. The Balaban J connectivity index is 1.93. The quantitative estimate of drug-likeness (QED) is 0.847. The number of aromatic nitrogens is 3. The van der Waals surface area contributed by atoms with Gasteiger partial charge in [-0.2, -0.15) is 0 Å². The normalized spacial score (nSPS) is 19.9. The first-order valence-corrected chi connectivity index (χ1v) is 8.23. The summed E-state index contributed by atoms with van der Waals surface area (Å²) in [4.78, 5) is 12.0. The highest BCUT2D eigenvalue weighted by Gasteiger charge is 2.25. The van der Waals surface area contributed by atoms with Gasteiger partial charge in [0.05, 0.1) is 0 Å². The van der Waals surface area contributed by atoms with Gasteiger partial charge in [-0.05, 0) is 44.0 Å². The predicted molar refractivity (Wildman–Crippen MR) is 86.3 cm³/mol. The van der Waals surface area contributed by atoms with Crippen LogP contribution in [0.5, 0.6) is 0 Å². The van der Waals surface area contributed by atoms with Crippen LogP contribution in [0.1, 0.15) is 39.4 Å². The molecular weight excluding hydrogens is 260 g/mol. The summed E-state index contributed by atoms with van der Waals surface area (Å²) in [5, 5.41) is 0. The van der Waals surface area contributed by atoms with E-state index in [2.05, 4.69) is 41.3 Å². The van der Waals surface area contributed by atoms with Crippen LogP contribution in [0.15, 0.2) is 18.3 Å². The second kappa shape index (κ2) is 6.14. The molecule has 1 atom stereocenters.